The van der Waals surface area contributed by atoms with E-state index in [1.54, 1.807) is 12.1 Å². The zero-order valence-corrected chi connectivity index (χ0v) is 52.5. The second kappa shape index (κ2) is 27.8. The lowest BCUT2D eigenvalue weighted by Crippen LogP contribution is -2.31. The molecule has 0 unspecified atom stereocenters. The monoisotopic (exact) mass is 1080 g/mol. The SMILES string of the molecule is Cc1cc(C)c(C)c(-c2cccc[n+]2C)c1C.Cc1ccc(C)c(-c2cccc[n+]2C)c1C.Cc1cccc(-c2c(C)ccc[n+]2C)c1C.Cc1cccc(-c2c(C)ccc[n+]2C)c1C.[2H]C([2H])([2H])c1cc(C)c(-c2cccc[n+]2C)c(C)c1. The van der Waals surface area contributed by atoms with E-state index in [1.807, 2.05) is 49.9 Å². The molecule has 5 heteroatoms. The van der Waals surface area contributed by atoms with Crippen LogP contribution in [-0.4, -0.2) is 0 Å². The molecule has 5 heterocycles. The van der Waals surface area contributed by atoms with Crippen molar-refractivity contribution in [3.8, 4) is 56.3 Å². The third kappa shape index (κ3) is 14.8. The number of hydrogen-bond donors (Lipinski definition) is 0. The summed E-state index contributed by atoms with van der Waals surface area (Å²) in [6.07, 6.45) is 10.4. The van der Waals surface area contributed by atoms with Gasteiger partial charge >= 0.3 is 0 Å². The lowest BCUT2D eigenvalue weighted by atomic mass is 9.92. The predicted molar refractivity (Wildman–Crippen MR) is 341 cm³/mol. The van der Waals surface area contributed by atoms with Gasteiger partial charge in [-0.2, -0.15) is 0 Å². The first-order chi connectivity index (χ1) is 39.7. The van der Waals surface area contributed by atoms with Gasteiger partial charge in [-0.1, -0.05) is 60.2 Å². The van der Waals surface area contributed by atoms with E-state index in [0.717, 1.165) is 22.4 Å². The highest BCUT2D eigenvalue weighted by Gasteiger charge is 2.20. The second-order valence-electron chi connectivity index (χ2n) is 22.2. The molecule has 10 rings (SSSR count). The summed E-state index contributed by atoms with van der Waals surface area (Å²) in [5.41, 5.74) is 32.8. The number of hydrogen-bond acceptors (Lipinski definition) is 0. The van der Waals surface area contributed by atoms with Crippen LogP contribution in [0, 0.1) is 111 Å². The van der Waals surface area contributed by atoms with Crippen molar-refractivity contribution in [3.63, 3.8) is 0 Å². The molecule has 0 N–H and O–H groups in total. The Morgan fingerprint density at radius 1 is 0.259 bits per heavy atom. The molecule has 5 aromatic carbocycles. The average Bonchev–Trinajstić information content (AvgIpc) is 3.17. The molecule has 0 spiro atoms. The zero-order valence-electron chi connectivity index (χ0n) is 55.5. The number of benzene rings is 5. The van der Waals surface area contributed by atoms with Gasteiger partial charge in [0.05, 0.1) is 16.7 Å². The van der Waals surface area contributed by atoms with Gasteiger partial charge in [-0.15, -0.1) is 0 Å². The predicted octanol–water partition coefficient (Wildman–Crippen LogP) is 15.8. The molecule has 0 fully saturated rings. The maximum Gasteiger partial charge on any atom is 0.215 e. The highest BCUT2D eigenvalue weighted by molar-refractivity contribution is 5.70. The third-order valence-corrected chi connectivity index (χ3v) is 16.3. The summed E-state index contributed by atoms with van der Waals surface area (Å²) in [6.45, 7) is 30.3. The van der Waals surface area contributed by atoms with Crippen molar-refractivity contribution < 1.29 is 26.9 Å². The molecule has 0 radical (unpaired) electrons. The van der Waals surface area contributed by atoms with Crippen LogP contribution < -0.4 is 22.8 Å². The minimum atomic E-state index is -2.05. The summed E-state index contributed by atoms with van der Waals surface area (Å²) in [7, 11) is 10.4. The van der Waals surface area contributed by atoms with E-state index in [-0.39, 0.29) is 0 Å². The average molecular weight is 1080 g/mol. The van der Waals surface area contributed by atoms with Gasteiger partial charge in [-0.25, -0.2) is 22.8 Å². The van der Waals surface area contributed by atoms with Crippen LogP contribution in [0.15, 0.2) is 177 Å². The summed E-state index contributed by atoms with van der Waals surface area (Å²) < 4.78 is 33.3. The molecule has 0 aliphatic heterocycles. The molecule has 0 saturated carbocycles. The smallest absolute Gasteiger partial charge is 0.201 e. The standard InChI is InChI=1S/C16H20N.4C15H18N/c1-11-10-12(2)14(4)16(13(11)3)15-8-6-7-9-17(15)5;2*1-11-7-5-9-14(13(11)3)15-12(2)8-6-10-16(15)4;1-11-8-9-12(2)15(13(11)3)14-7-5-6-10-16(14)4;1-11-9-12(2)15(13(3)10-11)14-7-5-6-8-16(14)4/h6-10H,1-5H3;4*5-10H,1-4H3/q5*+1/i;;;;1D3. The van der Waals surface area contributed by atoms with Crippen molar-refractivity contribution in [2.45, 2.75) is 111 Å². The first-order valence-electron chi connectivity index (χ1n) is 29.8. The van der Waals surface area contributed by atoms with Crippen LogP contribution in [-0.2, 0) is 35.2 Å². The van der Waals surface area contributed by atoms with Gasteiger partial charge in [-0.3, -0.25) is 0 Å². The number of rotatable bonds is 5. The van der Waals surface area contributed by atoms with Gasteiger partial charge in [0.2, 0.25) is 28.5 Å². The van der Waals surface area contributed by atoms with Crippen molar-refractivity contribution in [3.05, 3.63) is 266 Å². The van der Waals surface area contributed by atoms with Crippen LogP contribution in [0.25, 0.3) is 56.3 Å². The van der Waals surface area contributed by atoms with Gasteiger partial charge in [-0.05, 0) is 225 Å². The molecule has 416 valence electrons. The van der Waals surface area contributed by atoms with E-state index in [4.69, 9.17) is 4.11 Å². The van der Waals surface area contributed by atoms with Gasteiger partial charge < -0.3 is 0 Å². The Morgan fingerprint density at radius 2 is 0.605 bits per heavy atom. The van der Waals surface area contributed by atoms with Crippen LogP contribution >= 0.6 is 0 Å². The van der Waals surface area contributed by atoms with Crippen molar-refractivity contribution in [1.29, 1.82) is 0 Å². The van der Waals surface area contributed by atoms with Gasteiger partial charge in [0.15, 0.2) is 31.0 Å². The van der Waals surface area contributed by atoms with Crippen LogP contribution in [0.5, 0.6) is 0 Å². The summed E-state index contributed by atoms with van der Waals surface area (Å²) in [4.78, 5) is 0. The molecule has 10 aromatic rings. The minimum absolute atomic E-state index is 0.407. The summed E-state index contributed by atoms with van der Waals surface area (Å²) in [5.74, 6) is 0. The van der Waals surface area contributed by atoms with Crippen molar-refractivity contribution in [1.82, 2.24) is 0 Å². The Balaban J connectivity index is 0.000000169. The molecule has 0 aliphatic rings. The molecule has 0 saturated heterocycles. The zero-order chi connectivity index (χ0) is 61.9. The quantitative estimate of drug-likeness (QED) is 0.153. The van der Waals surface area contributed by atoms with Crippen LogP contribution in [0.1, 0.15) is 93.1 Å². The van der Waals surface area contributed by atoms with Crippen LogP contribution in [0.2, 0.25) is 0 Å². The van der Waals surface area contributed by atoms with Gasteiger partial charge in [0, 0.05) is 74.9 Å². The molecule has 0 bridgehead atoms. The Labute approximate surface area is 492 Å². The first kappa shape index (κ1) is 57.5. The summed E-state index contributed by atoms with van der Waals surface area (Å²) in [6, 6.07) is 50.4. The lowest BCUT2D eigenvalue weighted by molar-refractivity contribution is -0.660. The molecule has 0 amide bonds. The first-order valence-corrected chi connectivity index (χ1v) is 28.3. The van der Waals surface area contributed by atoms with Crippen molar-refractivity contribution in [2.24, 2.45) is 35.2 Å². The van der Waals surface area contributed by atoms with Crippen LogP contribution in [0.4, 0.5) is 0 Å². The Bertz CT molecular complexity index is 3770. The molecule has 5 nitrogen and oxygen atoms in total. The normalized spacial score (nSPS) is 11.2. The fourth-order valence-electron chi connectivity index (χ4n) is 11.0. The molecule has 5 aromatic heterocycles. The Kier molecular flexibility index (Phi) is 19.8. The molecule has 0 aliphatic carbocycles. The lowest BCUT2D eigenvalue weighted by Gasteiger charge is -2.13. The van der Waals surface area contributed by atoms with Crippen LogP contribution in [0.3, 0.4) is 0 Å². The fraction of sp³-hybridized carbons (Fsp3) is 0.276. The summed E-state index contributed by atoms with van der Waals surface area (Å²) >= 11 is 0. The van der Waals surface area contributed by atoms with E-state index < -0.39 is 6.85 Å². The van der Waals surface area contributed by atoms with Gasteiger partial charge in [0.1, 0.15) is 35.2 Å². The number of aryl methyl sites for hydroxylation is 16. The second-order valence-corrected chi connectivity index (χ2v) is 22.2. The number of nitrogens with zero attached hydrogens (tertiary/aromatic N) is 5. The number of aromatic nitrogens is 5. The molecular formula is C76H92N5+5. The van der Waals surface area contributed by atoms with E-state index in [9.17, 15) is 0 Å². The van der Waals surface area contributed by atoms with E-state index in [1.165, 1.54) is 117 Å². The summed E-state index contributed by atoms with van der Waals surface area (Å²) in [5, 5.41) is 0. The Morgan fingerprint density at radius 3 is 1.00 bits per heavy atom. The third-order valence-electron chi connectivity index (χ3n) is 16.3. The highest BCUT2D eigenvalue weighted by Crippen LogP contribution is 2.31. The van der Waals surface area contributed by atoms with Crippen molar-refractivity contribution in [2.75, 3.05) is 0 Å². The largest absolute Gasteiger partial charge is 0.215 e. The highest BCUT2D eigenvalue weighted by atomic mass is 14.9. The van der Waals surface area contributed by atoms with E-state index in [2.05, 4.69) is 277 Å². The minimum Gasteiger partial charge on any atom is -0.201 e. The number of pyridine rings is 5. The van der Waals surface area contributed by atoms with Gasteiger partial charge in [0.25, 0.3) is 0 Å². The van der Waals surface area contributed by atoms with Crippen molar-refractivity contribution >= 4 is 0 Å². The fourth-order valence-corrected chi connectivity index (χ4v) is 11.0. The topological polar surface area (TPSA) is 19.4 Å². The van der Waals surface area contributed by atoms with E-state index in [0.29, 0.717) is 5.56 Å². The molecular weight excluding hydrogens is 983 g/mol. The van der Waals surface area contributed by atoms with E-state index >= 15 is 0 Å². The maximum atomic E-state index is 7.51. The molecule has 81 heavy (non-hydrogen) atoms. The maximum absolute atomic E-state index is 7.51. The molecule has 0 atom stereocenters. The Hall–Kier alpha value is -8.15.